The minimum absolute atomic E-state index is 0.943. The molecule has 0 atom stereocenters. The van der Waals surface area contributed by atoms with Crippen molar-refractivity contribution in [3.63, 3.8) is 0 Å². The van der Waals surface area contributed by atoms with Crippen LogP contribution < -0.4 is 4.74 Å². The van der Waals surface area contributed by atoms with Crippen molar-refractivity contribution >= 4 is 0 Å². The summed E-state index contributed by atoms with van der Waals surface area (Å²) >= 11 is 0. The maximum atomic E-state index is 5.28. The fraction of sp³-hybridized carbons (Fsp3) is 0.250. The zero-order valence-electron chi connectivity index (χ0n) is 10.9. The van der Waals surface area contributed by atoms with Crippen molar-refractivity contribution in [3.05, 3.63) is 53.1 Å². The van der Waals surface area contributed by atoms with Crippen molar-refractivity contribution in [2.45, 2.75) is 20.8 Å². The van der Waals surface area contributed by atoms with Crippen molar-refractivity contribution in [3.8, 4) is 16.9 Å². The number of aryl methyl sites for hydroxylation is 3. The minimum atomic E-state index is 0.943. The van der Waals surface area contributed by atoms with Gasteiger partial charge in [-0.25, -0.2) is 0 Å². The van der Waals surface area contributed by atoms with Gasteiger partial charge in [-0.15, -0.1) is 0 Å². The Balaban J connectivity index is 2.49. The average Bonchev–Trinajstić information content (AvgIpc) is 2.27. The van der Waals surface area contributed by atoms with Gasteiger partial charge in [-0.2, -0.15) is 0 Å². The van der Waals surface area contributed by atoms with Crippen LogP contribution in [0.1, 0.15) is 16.7 Å². The van der Waals surface area contributed by atoms with Crippen LogP contribution in [0.4, 0.5) is 0 Å². The lowest BCUT2D eigenvalue weighted by Gasteiger charge is -2.09. The lowest BCUT2D eigenvalue weighted by Crippen LogP contribution is -1.88. The predicted octanol–water partition coefficient (Wildman–Crippen LogP) is 4.29. The van der Waals surface area contributed by atoms with E-state index >= 15 is 0 Å². The third kappa shape index (κ3) is 2.50. The van der Waals surface area contributed by atoms with Gasteiger partial charge in [-0.1, -0.05) is 35.4 Å². The first kappa shape index (κ1) is 11.7. The number of ether oxygens (including phenoxy) is 1. The largest absolute Gasteiger partial charge is 0.496 e. The zero-order valence-corrected chi connectivity index (χ0v) is 10.9. The summed E-state index contributed by atoms with van der Waals surface area (Å²) in [6.45, 7) is 6.34. The minimum Gasteiger partial charge on any atom is -0.496 e. The van der Waals surface area contributed by atoms with E-state index in [1.54, 1.807) is 7.11 Å². The fourth-order valence-corrected chi connectivity index (χ4v) is 2.20. The molecule has 0 radical (unpaired) electrons. The molecule has 0 aromatic heterocycles. The number of rotatable bonds is 2. The summed E-state index contributed by atoms with van der Waals surface area (Å²) in [5.74, 6) is 0.943. The van der Waals surface area contributed by atoms with Crippen molar-refractivity contribution in [1.29, 1.82) is 0 Å². The van der Waals surface area contributed by atoms with Gasteiger partial charge in [0.05, 0.1) is 7.11 Å². The van der Waals surface area contributed by atoms with E-state index in [2.05, 4.69) is 51.1 Å². The van der Waals surface area contributed by atoms with Crippen molar-refractivity contribution in [2.75, 3.05) is 7.11 Å². The molecule has 88 valence electrons. The monoisotopic (exact) mass is 226 g/mol. The van der Waals surface area contributed by atoms with Gasteiger partial charge in [0.1, 0.15) is 5.75 Å². The lowest BCUT2D eigenvalue weighted by molar-refractivity contribution is 0.412. The van der Waals surface area contributed by atoms with Gasteiger partial charge in [0, 0.05) is 0 Å². The molecule has 0 saturated heterocycles. The molecule has 0 fully saturated rings. The molecule has 0 saturated carbocycles. The molecular formula is C16H18O. The fourth-order valence-electron chi connectivity index (χ4n) is 2.20. The van der Waals surface area contributed by atoms with E-state index in [4.69, 9.17) is 4.74 Å². The second-order valence-electron chi connectivity index (χ2n) is 4.56. The van der Waals surface area contributed by atoms with Gasteiger partial charge in [-0.05, 0) is 49.6 Å². The summed E-state index contributed by atoms with van der Waals surface area (Å²) in [4.78, 5) is 0. The first-order chi connectivity index (χ1) is 8.10. The van der Waals surface area contributed by atoms with E-state index in [0.717, 1.165) is 5.75 Å². The molecule has 17 heavy (non-hydrogen) atoms. The molecular weight excluding hydrogens is 208 g/mol. The SMILES string of the molecule is COc1ccc(-c2cc(C)cc(C)c2)cc1C. The Labute approximate surface area is 103 Å². The third-order valence-corrected chi connectivity index (χ3v) is 2.95. The highest BCUT2D eigenvalue weighted by Crippen LogP contribution is 2.27. The second kappa shape index (κ2) is 4.62. The molecule has 2 aromatic carbocycles. The summed E-state index contributed by atoms with van der Waals surface area (Å²) in [5, 5.41) is 0. The van der Waals surface area contributed by atoms with E-state index < -0.39 is 0 Å². The summed E-state index contributed by atoms with van der Waals surface area (Å²) in [6, 6.07) is 12.9. The molecule has 2 rings (SSSR count). The first-order valence-electron chi connectivity index (χ1n) is 5.83. The molecule has 2 aromatic rings. The molecule has 0 bridgehead atoms. The highest BCUT2D eigenvalue weighted by molar-refractivity contribution is 5.67. The maximum Gasteiger partial charge on any atom is 0.121 e. The van der Waals surface area contributed by atoms with E-state index in [1.165, 1.54) is 27.8 Å². The van der Waals surface area contributed by atoms with Gasteiger partial charge in [-0.3, -0.25) is 0 Å². The van der Waals surface area contributed by atoms with Crippen LogP contribution in [-0.2, 0) is 0 Å². The Kier molecular flexibility index (Phi) is 3.19. The van der Waals surface area contributed by atoms with Crippen LogP contribution in [0.15, 0.2) is 36.4 Å². The highest BCUT2D eigenvalue weighted by atomic mass is 16.5. The van der Waals surface area contributed by atoms with Crippen LogP contribution in [0.3, 0.4) is 0 Å². The molecule has 1 nitrogen and oxygen atoms in total. The van der Waals surface area contributed by atoms with Crippen LogP contribution in [0.25, 0.3) is 11.1 Å². The molecule has 0 heterocycles. The standard InChI is InChI=1S/C16H18O/c1-11-7-12(2)9-15(8-11)14-5-6-16(17-4)13(3)10-14/h5-10H,1-4H3. The summed E-state index contributed by atoms with van der Waals surface area (Å²) in [7, 11) is 1.71. The quantitative estimate of drug-likeness (QED) is 0.742. The molecule has 0 aliphatic carbocycles. The average molecular weight is 226 g/mol. The van der Waals surface area contributed by atoms with E-state index in [0.29, 0.717) is 0 Å². The maximum absolute atomic E-state index is 5.28. The Morgan fingerprint density at radius 1 is 0.765 bits per heavy atom. The number of benzene rings is 2. The van der Waals surface area contributed by atoms with Crippen LogP contribution in [0, 0.1) is 20.8 Å². The van der Waals surface area contributed by atoms with Gasteiger partial charge >= 0.3 is 0 Å². The molecule has 0 spiro atoms. The third-order valence-electron chi connectivity index (χ3n) is 2.95. The highest BCUT2D eigenvalue weighted by Gasteiger charge is 2.03. The number of hydrogen-bond donors (Lipinski definition) is 0. The molecule has 1 heteroatoms. The topological polar surface area (TPSA) is 9.23 Å². The number of methoxy groups -OCH3 is 1. The van der Waals surface area contributed by atoms with Crippen LogP contribution in [-0.4, -0.2) is 7.11 Å². The van der Waals surface area contributed by atoms with E-state index in [9.17, 15) is 0 Å². The predicted molar refractivity (Wildman–Crippen MR) is 72.6 cm³/mol. The first-order valence-corrected chi connectivity index (χ1v) is 5.83. The number of hydrogen-bond acceptors (Lipinski definition) is 1. The summed E-state index contributed by atoms with van der Waals surface area (Å²) in [6.07, 6.45) is 0. The summed E-state index contributed by atoms with van der Waals surface area (Å²) < 4.78 is 5.28. The summed E-state index contributed by atoms with van der Waals surface area (Å²) in [5.41, 5.74) is 6.29. The van der Waals surface area contributed by atoms with E-state index in [-0.39, 0.29) is 0 Å². The smallest absolute Gasteiger partial charge is 0.121 e. The van der Waals surface area contributed by atoms with Gasteiger partial charge in [0.25, 0.3) is 0 Å². The van der Waals surface area contributed by atoms with Crippen molar-refractivity contribution < 1.29 is 4.74 Å². The van der Waals surface area contributed by atoms with E-state index in [1.807, 2.05) is 6.07 Å². The van der Waals surface area contributed by atoms with Crippen LogP contribution in [0.2, 0.25) is 0 Å². The molecule has 0 N–H and O–H groups in total. The zero-order chi connectivity index (χ0) is 12.4. The van der Waals surface area contributed by atoms with Crippen LogP contribution >= 0.6 is 0 Å². The molecule has 0 amide bonds. The van der Waals surface area contributed by atoms with Gasteiger partial charge in [0.2, 0.25) is 0 Å². The van der Waals surface area contributed by atoms with Crippen molar-refractivity contribution in [2.24, 2.45) is 0 Å². The van der Waals surface area contributed by atoms with Crippen molar-refractivity contribution in [1.82, 2.24) is 0 Å². The second-order valence-corrected chi connectivity index (χ2v) is 4.56. The Morgan fingerprint density at radius 3 is 1.94 bits per heavy atom. The Hall–Kier alpha value is -1.76. The molecule has 0 unspecified atom stereocenters. The Morgan fingerprint density at radius 2 is 1.41 bits per heavy atom. The Bertz CT molecular complexity index is 521. The van der Waals surface area contributed by atoms with Gasteiger partial charge < -0.3 is 4.74 Å². The van der Waals surface area contributed by atoms with Gasteiger partial charge in [0.15, 0.2) is 0 Å². The normalized spacial score (nSPS) is 10.4. The molecule has 0 aliphatic heterocycles. The lowest BCUT2D eigenvalue weighted by atomic mass is 9.99. The molecule has 0 aliphatic rings. The van der Waals surface area contributed by atoms with Crippen LogP contribution in [0.5, 0.6) is 5.75 Å².